The third-order valence-electron chi connectivity index (χ3n) is 3.28. The van der Waals surface area contributed by atoms with Crippen LogP contribution in [0.5, 0.6) is 0 Å². The van der Waals surface area contributed by atoms with E-state index >= 15 is 0 Å². The van der Waals surface area contributed by atoms with E-state index in [1.807, 2.05) is 6.92 Å². The van der Waals surface area contributed by atoms with Crippen LogP contribution in [0.25, 0.3) is 0 Å². The van der Waals surface area contributed by atoms with E-state index in [2.05, 4.69) is 28.2 Å². The van der Waals surface area contributed by atoms with Crippen LogP contribution >= 0.6 is 27.3 Å². The van der Waals surface area contributed by atoms with Gasteiger partial charge in [0.1, 0.15) is 4.90 Å². The fraction of sp³-hybridized carbons (Fsp3) is 0.692. The number of rotatable bonds is 8. The van der Waals surface area contributed by atoms with Gasteiger partial charge in [0, 0.05) is 24.0 Å². The van der Waals surface area contributed by atoms with Crippen molar-refractivity contribution < 1.29 is 8.42 Å². The zero-order chi connectivity index (χ0) is 14.8. The molecule has 1 aromatic heterocycles. The normalized spacial score (nSPS) is 16.0. The molecule has 1 saturated carbocycles. The third kappa shape index (κ3) is 3.62. The lowest BCUT2D eigenvalue weighted by atomic mass is 10.4. The Labute approximate surface area is 133 Å². The predicted octanol–water partition coefficient (Wildman–Crippen LogP) is 3.18. The van der Waals surface area contributed by atoms with E-state index in [-0.39, 0.29) is 6.04 Å². The van der Waals surface area contributed by atoms with Gasteiger partial charge in [0.15, 0.2) is 0 Å². The van der Waals surface area contributed by atoms with Crippen molar-refractivity contribution in [2.75, 3.05) is 13.1 Å². The average Bonchev–Trinajstić information content (AvgIpc) is 3.13. The molecule has 0 aromatic carbocycles. The first-order valence-corrected chi connectivity index (χ1v) is 10.1. The van der Waals surface area contributed by atoms with Crippen LogP contribution in [0.3, 0.4) is 0 Å². The van der Waals surface area contributed by atoms with Gasteiger partial charge in [-0.3, -0.25) is 0 Å². The van der Waals surface area contributed by atoms with E-state index in [4.69, 9.17) is 0 Å². The van der Waals surface area contributed by atoms with Gasteiger partial charge in [0.05, 0.1) is 3.79 Å². The molecule has 0 saturated heterocycles. The van der Waals surface area contributed by atoms with Crippen molar-refractivity contribution in [3.63, 3.8) is 0 Å². The minimum Gasteiger partial charge on any atom is -0.312 e. The van der Waals surface area contributed by atoms with E-state index in [1.54, 1.807) is 10.4 Å². The highest BCUT2D eigenvalue weighted by Crippen LogP contribution is 2.37. The molecule has 0 aliphatic heterocycles. The highest BCUT2D eigenvalue weighted by Gasteiger charge is 2.38. The van der Waals surface area contributed by atoms with Gasteiger partial charge >= 0.3 is 0 Å². The highest BCUT2D eigenvalue weighted by molar-refractivity contribution is 9.11. The molecule has 1 aliphatic carbocycles. The van der Waals surface area contributed by atoms with Crippen LogP contribution < -0.4 is 5.32 Å². The Hall–Kier alpha value is 0.0500. The van der Waals surface area contributed by atoms with E-state index in [0.29, 0.717) is 15.2 Å². The summed E-state index contributed by atoms with van der Waals surface area (Å²) in [4.78, 5) is 1.47. The lowest BCUT2D eigenvalue weighted by Crippen LogP contribution is -2.32. The van der Waals surface area contributed by atoms with Gasteiger partial charge in [0.25, 0.3) is 0 Å². The molecule has 7 heteroatoms. The molecule has 1 heterocycles. The summed E-state index contributed by atoms with van der Waals surface area (Å²) < 4.78 is 27.7. The van der Waals surface area contributed by atoms with Crippen molar-refractivity contribution in [2.24, 2.45) is 0 Å². The minimum absolute atomic E-state index is 0.207. The number of nitrogens with zero attached hydrogens (tertiary/aromatic N) is 1. The predicted molar refractivity (Wildman–Crippen MR) is 86.6 cm³/mol. The van der Waals surface area contributed by atoms with Gasteiger partial charge in [-0.15, -0.1) is 11.3 Å². The molecule has 4 nitrogen and oxygen atoms in total. The fourth-order valence-electron chi connectivity index (χ4n) is 2.16. The fourth-order valence-corrected chi connectivity index (χ4v) is 6.46. The standard InChI is InChI=1S/C13H21BrN2O2S2/c1-3-7-15-9-11-8-12(13(14)19-11)20(17,18)16(4-2)10-5-6-10/h8,10,15H,3-7,9H2,1-2H3. The number of sulfonamides is 1. The van der Waals surface area contributed by atoms with Crippen molar-refractivity contribution in [2.45, 2.75) is 50.6 Å². The summed E-state index contributed by atoms with van der Waals surface area (Å²) in [7, 11) is -3.36. The summed E-state index contributed by atoms with van der Waals surface area (Å²) in [5.74, 6) is 0. The number of nitrogens with one attached hydrogen (secondary N) is 1. The van der Waals surface area contributed by atoms with Crippen LogP contribution in [0.2, 0.25) is 0 Å². The van der Waals surface area contributed by atoms with E-state index in [9.17, 15) is 8.42 Å². The molecule has 20 heavy (non-hydrogen) atoms. The Morgan fingerprint density at radius 3 is 2.70 bits per heavy atom. The van der Waals surface area contributed by atoms with Crippen molar-refractivity contribution in [3.05, 3.63) is 14.7 Å². The second-order valence-electron chi connectivity index (χ2n) is 4.97. The maximum Gasteiger partial charge on any atom is 0.245 e. The summed E-state index contributed by atoms with van der Waals surface area (Å²) in [6.45, 7) is 6.23. The Bertz CT molecular complexity index is 553. The lowest BCUT2D eigenvalue weighted by molar-refractivity contribution is 0.421. The highest BCUT2D eigenvalue weighted by atomic mass is 79.9. The Morgan fingerprint density at radius 2 is 2.15 bits per heavy atom. The van der Waals surface area contributed by atoms with Crippen LogP contribution in [0.15, 0.2) is 14.7 Å². The molecule has 114 valence electrons. The minimum atomic E-state index is -3.36. The number of hydrogen-bond donors (Lipinski definition) is 1. The van der Waals surface area contributed by atoms with Gasteiger partial charge in [-0.05, 0) is 47.8 Å². The number of hydrogen-bond acceptors (Lipinski definition) is 4. The molecule has 0 amide bonds. The van der Waals surface area contributed by atoms with E-state index < -0.39 is 10.0 Å². The molecule has 0 spiro atoms. The Morgan fingerprint density at radius 1 is 1.45 bits per heavy atom. The van der Waals surface area contributed by atoms with Crippen molar-refractivity contribution in [1.82, 2.24) is 9.62 Å². The smallest absolute Gasteiger partial charge is 0.245 e. The average molecular weight is 381 g/mol. The third-order valence-corrected chi connectivity index (χ3v) is 7.56. The van der Waals surface area contributed by atoms with Gasteiger partial charge in [-0.25, -0.2) is 8.42 Å². The first-order chi connectivity index (χ1) is 9.50. The molecule has 1 aliphatic rings. The summed E-state index contributed by atoms with van der Waals surface area (Å²) in [6, 6.07) is 2.01. The van der Waals surface area contributed by atoms with Crippen molar-refractivity contribution >= 4 is 37.3 Å². The first kappa shape index (κ1) is 16.4. The summed E-state index contributed by atoms with van der Waals surface area (Å²) in [5, 5.41) is 3.30. The molecule has 0 radical (unpaired) electrons. The Balaban J connectivity index is 2.18. The van der Waals surface area contributed by atoms with Crippen molar-refractivity contribution in [3.8, 4) is 0 Å². The maximum atomic E-state index is 12.7. The van der Waals surface area contributed by atoms with Crippen LogP contribution in [-0.2, 0) is 16.6 Å². The SMILES string of the molecule is CCCNCc1cc(S(=O)(=O)N(CC)C2CC2)c(Br)s1. The van der Waals surface area contributed by atoms with Gasteiger partial charge in [-0.2, -0.15) is 4.31 Å². The molecular formula is C13H21BrN2O2S2. The molecule has 1 aromatic rings. The summed E-state index contributed by atoms with van der Waals surface area (Å²) in [6.07, 6.45) is 3.04. The van der Waals surface area contributed by atoms with Gasteiger partial charge in [0.2, 0.25) is 10.0 Å². The van der Waals surface area contributed by atoms with E-state index in [1.165, 1.54) is 11.3 Å². The molecule has 1 N–H and O–H groups in total. The first-order valence-electron chi connectivity index (χ1n) is 7.01. The van der Waals surface area contributed by atoms with Gasteiger partial charge in [-0.1, -0.05) is 13.8 Å². The van der Waals surface area contributed by atoms with Crippen LogP contribution in [0.1, 0.15) is 38.0 Å². The largest absolute Gasteiger partial charge is 0.312 e. The van der Waals surface area contributed by atoms with Crippen LogP contribution in [0, 0.1) is 0 Å². The van der Waals surface area contributed by atoms with Crippen LogP contribution in [0.4, 0.5) is 0 Å². The van der Waals surface area contributed by atoms with E-state index in [0.717, 1.165) is 37.2 Å². The zero-order valence-corrected chi connectivity index (χ0v) is 15.1. The quantitative estimate of drug-likeness (QED) is 0.704. The molecular weight excluding hydrogens is 360 g/mol. The number of thiophene rings is 1. The lowest BCUT2D eigenvalue weighted by Gasteiger charge is -2.19. The maximum absolute atomic E-state index is 12.7. The monoisotopic (exact) mass is 380 g/mol. The summed E-state index contributed by atoms with van der Waals surface area (Å²) >= 11 is 4.91. The zero-order valence-electron chi connectivity index (χ0n) is 11.9. The second-order valence-corrected chi connectivity index (χ2v) is 9.28. The molecule has 0 bridgehead atoms. The molecule has 2 rings (SSSR count). The Kier molecular flexibility index (Phi) is 5.64. The summed E-state index contributed by atoms with van der Waals surface area (Å²) in [5.41, 5.74) is 0. The number of halogens is 1. The molecule has 0 unspecified atom stereocenters. The van der Waals surface area contributed by atoms with Gasteiger partial charge < -0.3 is 5.32 Å². The second kappa shape index (κ2) is 6.87. The topological polar surface area (TPSA) is 49.4 Å². The van der Waals surface area contributed by atoms with Crippen molar-refractivity contribution in [1.29, 1.82) is 0 Å². The molecule has 1 fully saturated rings. The molecule has 0 atom stereocenters. The van der Waals surface area contributed by atoms with Crippen LogP contribution in [-0.4, -0.2) is 31.9 Å².